The number of benzene rings is 2. The lowest BCUT2D eigenvalue weighted by Gasteiger charge is -2.11. The molecule has 0 atom stereocenters. The van der Waals surface area contributed by atoms with Gasteiger partial charge in [-0.1, -0.05) is 13.8 Å². The first-order valence-electron chi connectivity index (χ1n) is 8.82. The maximum atomic E-state index is 12.8. The zero-order valence-corrected chi connectivity index (χ0v) is 17.0. The lowest BCUT2D eigenvalue weighted by atomic mass is 10.0. The predicted octanol–water partition coefficient (Wildman–Crippen LogP) is 3.11. The van der Waals surface area contributed by atoms with Gasteiger partial charge in [-0.15, -0.1) is 0 Å². The van der Waals surface area contributed by atoms with Gasteiger partial charge in [-0.05, 0) is 61.4 Å². The minimum atomic E-state index is -3.79. The molecule has 0 bridgehead atoms. The normalized spacial score (nSPS) is 11.8. The highest BCUT2D eigenvalue weighted by Crippen LogP contribution is 2.21. The van der Waals surface area contributed by atoms with E-state index in [1.165, 1.54) is 41.1 Å². The molecular formula is C20H23N3O4S. The average Bonchev–Trinajstić information content (AvgIpc) is 2.86. The molecule has 148 valence electrons. The van der Waals surface area contributed by atoms with Gasteiger partial charge >= 0.3 is 0 Å². The van der Waals surface area contributed by atoms with Crippen LogP contribution in [-0.2, 0) is 17.1 Å². The van der Waals surface area contributed by atoms with E-state index in [-0.39, 0.29) is 22.1 Å². The molecule has 0 saturated carbocycles. The van der Waals surface area contributed by atoms with Crippen LogP contribution in [0.25, 0.3) is 5.69 Å². The molecule has 3 rings (SSSR count). The second-order valence-corrected chi connectivity index (χ2v) is 8.62. The Bertz CT molecular complexity index is 1160. The number of aromatic hydroxyl groups is 1. The minimum Gasteiger partial charge on any atom is -0.508 e. The molecule has 8 heteroatoms. The monoisotopic (exact) mass is 401 g/mol. The summed E-state index contributed by atoms with van der Waals surface area (Å²) in [5, 5.41) is 9.30. The highest BCUT2D eigenvalue weighted by atomic mass is 32.2. The van der Waals surface area contributed by atoms with Gasteiger partial charge in [0.15, 0.2) is 0 Å². The van der Waals surface area contributed by atoms with E-state index in [4.69, 9.17) is 0 Å². The Morgan fingerprint density at radius 1 is 1.00 bits per heavy atom. The third kappa shape index (κ3) is 3.55. The number of nitrogens with zero attached hydrogens (tertiary/aromatic N) is 2. The van der Waals surface area contributed by atoms with Gasteiger partial charge in [0.05, 0.1) is 10.6 Å². The quantitative estimate of drug-likeness (QED) is 0.643. The summed E-state index contributed by atoms with van der Waals surface area (Å²) in [6.45, 7) is 5.84. The van der Waals surface area contributed by atoms with Crippen molar-refractivity contribution in [1.29, 1.82) is 0 Å². The van der Waals surface area contributed by atoms with Gasteiger partial charge in [0, 0.05) is 24.0 Å². The Kier molecular flexibility index (Phi) is 5.08. The molecule has 0 fully saturated rings. The number of phenols is 1. The van der Waals surface area contributed by atoms with E-state index in [2.05, 4.69) is 4.72 Å². The van der Waals surface area contributed by atoms with Crippen molar-refractivity contribution in [2.45, 2.75) is 31.6 Å². The van der Waals surface area contributed by atoms with Crippen LogP contribution >= 0.6 is 0 Å². The van der Waals surface area contributed by atoms with Crippen molar-refractivity contribution in [3.8, 4) is 11.4 Å². The van der Waals surface area contributed by atoms with Crippen molar-refractivity contribution in [3.63, 3.8) is 0 Å². The van der Waals surface area contributed by atoms with Crippen molar-refractivity contribution >= 4 is 15.7 Å². The van der Waals surface area contributed by atoms with E-state index >= 15 is 0 Å². The number of aromatic nitrogens is 2. The Hall–Kier alpha value is -3.00. The van der Waals surface area contributed by atoms with Crippen molar-refractivity contribution in [1.82, 2.24) is 9.36 Å². The fourth-order valence-corrected chi connectivity index (χ4v) is 4.25. The van der Waals surface area contributed by atoms with Crippen molar-refractivity contribution < 1.29 is 13.5 Å². The Labute approximate surface area is 163 Å². The molecular weight excluding hydrogens is 378 g/mol. The molecule has 2 aromatic carbocycles. The van der Waals surface area contributed by atoms with Crippen LogP contribution in [0.1, 0.15) is 31.0 Å². The zero-order chi connectivity index (χ0) is 20.6. The maximum Gasteiger partial charge on any atom is 0.275 e. The molecule has 0 aliphatic carbocycles. The molecule has 0 radical (unpaired) electrons. The van der Waals surface area contributed by atoms with Crippen LogP contribution in [-0.4, -0.2) is 22.9 Å². The van der Waals surface area contributed by atoms with Crippen LogP contribution in [0.2, 0.25) is 0 Å². The molecule has 0 unspecified atom stereocenters. The van der Waals surface area contributed by atoms with Crippen LogP contribution in [0.4, 0.5) is 5.69 Å². The number of sulfonamides is 1. The van der Waals surface area contributed by atoms with Crippen molar-refractivity contribution in [3.05, 3.63) is 70.1 Å². The number of phenolic OH excluding ortho intramolecular Hbond substituents is 1. The highest BCUT2D eigenvalue weighted by molar-refractivity contribution is 7.92. The van der Waals surface area contributed by atoms with Crippen LogP contribution in [0.5, 0.6) is 5.75 Å². The summed E-state index contributed by atoms with van der Waals surface area (Å²) in [5.41, 5.74) is 2.45. The Morgan fingerprint density at radius 3 is 2.07 bits per heavy atom. The maximum absolute atomic E-state index is 12.8. The van der Waals surface area contributed by atoms with E-state index < -0.39 is 10.0 Å². The molecule has 0 amide bonds. The van der Waals surface area contributed by atoms with Crippen molar-refractivity contribution in [2.75, 3.05) is 4.72 Å². The van der Waals surface area contributed by atoms with Crippen LogP contribution in [0.3, 0.4) is 0 Å². The first-order chi connectivity index (χ1) is 13.1. The minimum absolute atomic E-state index is 0.0522. The van der Waals surface area contributed by atoms with Gasteiger partial charge in [0.1, 0.15) is 5.75 Å². The van der Waals surface area contributed by atoms with Gasteiger partial charge in [-0.25, -0.2) is 13.1 Å². The van der Waals surface area contributed by atoms with E-state index in [1.807, 2.05) is 20.8 Å². The van der Waals surface area contributed by atoms with Crippen LogP contribution in [0.15, 0.2) is 58.2 Å². The van der Waals surface area contributed by atoms with E-state index in [0.717, 1.165) is 11.3 Å². The first-order valence-corrected chi connectivity index (χ1v) is 10.3. The molecule has 28 heavy (non-hydrogen) atoms. The van der Waals surface area contributed by atoms with Crippen LogP contribution in [0, 0.1) is 6.92 Å². The fourth-order valence-electron chi connectivity index (χ4n) is 3.19. The SMILES string of the molecule is Cc1c(C(C)C)c(=O)n(-c2ccc(S(=O)(=O)Nc3ccc(O)cc3)cc2)n1C. The number of hydrogen-bond acceptors (Lipinski definition) is 4. The topological polar surface area (TPSA) is 93.3 Å². The molecule has 0 spiro atoms. The van der Waals surface area contributed by atoms with Gasteiger partial charge < -0.3 is 5.11 Å². The fraction of sp³-hybridized carbons (Fsp3) is 0.250. The predicted molar refractivity (Wildman–Crippen MR) is 109 cm³/mol. The smallest absolute Gasteiger partial charge is 0.275 e. The summed E-state index contributed by atoms with van der Waals surface area (Å²) >= 11 is 0. The summed E-state index contributed by atoms with van der Waals surface area (Å²) in [4.78, 5) is 12.9. The Balaban J connectivity index is 1.95. The largest absolute Gasteiger partial charge is 0.508 e. The molecule has 7 nitrogen and oxygen atoms in total. The lowest BCUT2D eigenvalue weighted by Crippen LogP contribution is -2.21. The van der Waals surface area contributed by atoms with Crippen LogP contribution < -0.4 is 10.3 Å². The van der Waals surface area contributed by atoms with Gasteiger partial charge in [0.2, 0.25) is 0 Å². The number of rotatable bonds is 5. The molecule has 2 N–H and O–H groups in total. The number of anilines is 1. The molecule has 3 aromatic rings. The summed E-state index contributed by atoms with van der Waals surface area (Å²) in [5.74, 6) is 0.144. The van der Waals surface area contributed by atoms with E-state index in [9.17, 15) is 18.3 Å². The van der Waals surface area contributed by atoms with Crippen molar-refractivity contribution in [2.24, 2.45) is 7.05 Å². The second kappa shape index (κ2) is 7.20. The summed E-state index contributed by atoms with van der Waals surface area (Å²) in [6.07, 6.45) is 0. The van der Waals surface area contributed by atoms with Gasteiger partial charge in [0.25, 0.3) is 15.6 Å². The molecule has 1 heterocycles. The van der Waals surface area contributed by atoms with E-state index in [0.29, 0.717) is 11.4 Å². The highest BCUT2D eigenvalue weighted by Gasteiger charge is 2.19. The van der Waals surface area contributed by atoms with Gasteiger partial charge in [-0.3, -0.25) is 14.2 Å². The molecule has 0 aliphatic heterocycles. The third-order valence-corrected chi connectivity index (χ3v) is 6.08. The molecule has 0 aliphatic rings. The summed E-state index contributed by atoms with van der Waals surface area (Å²) in [7, 11) is -1.98. The molecule has 1 aromatic heterocycles. The number of nitrogens with one attached hydrogen (secondary N) is 1. The number of hydrogen-bond donors (Lipinski definition) is 2. The standard InChI is InChI=1S/C20H23N3O4S/c1-13(2)19-14(3)22(4)23(20(19)25)16-7-11-18(12-8-16)28(26,27)21-15-5-9-17(24)10-6-15/h5-13,21,24H,1-4H3. The first kappa shape index (κ1) is 19.8. The van der Waals surface area contributed by atoms with Gasteiger partial charge in [-0.2, -0.15) is 0 Å². The third-order valence-electron chi connectivity index (χ3n) is 4.69. The average molecular weight is 401 g/mol. The zero-order valence-electron chi connectivity index (χ0n) is 16.2. The Morgan fingerprint density at radius 2 is 1.57 bits per heavy atom. The molecule has 0 saturated heterocycles. The summed E-state index contributed by atoms with van der Waals surface area (Å²) < 4.78 is 30.9. The summed E-state index contributed by atoms with van der Waals surface area (Å²) in [6, 6.07) is 11.9. The lowest BCUT2D eigenvalue weighted by molar-refractivity contribution is 0.475. The second-order valence-electron chi connectivity index (χ2n) is 6.94. The van der Waals surface area contributed by atoms with E-state index in [1.54, 1.807) is 23.9 Å².